The molecule has 0 radical (unpaired) electrons. The third kappa shape index (κ3) is 2.72. The molecule has 100 valence electrons. The molecule has 0 unspecified atom stereocenters. The van der Waals surface area contributed by atoms with Gasteiger partial charge in [0.05, 0.1) is 0 Å². The Balaban J connectivity index is 1.71. The van der Waals surface area contributed by atoms with E-state index in [0.717, 1.165) is 31.3 Å². The molecule has 1 saturated heterocycles. The van der Waals surface area contributed by atoms with Crippen molar-refractivity contribution in [1.82, 2.24) is 20.2 Å². The van der Waals surface area contributed by atoms with Crippen LogP contribution in [0.3, 0.4) is 0 Å². The lowest BCUT2D eigenvalue weighted by molar-refractivity contribution is 0.643. The normalized spacial score (nSPS) is 15.9. The molecule has 3 heterocycles. The summed E-state index contributed by atoms with van der Waals surface area (Å²) in [5.74, 6) is 0.598. The molecule has 2 aromatic heterocycles. The average Bonchev–Trinajstić information content (AvgIpc) is 2.96. The van der Waals surface area contributed by atoms with E-state index in [9.17, 15) is 0 Å². The number of piperazine rings is 1. The summed E-state index contributed by atoms with van der Waals surface area (Å²) in [5.41, 5.74) is 0. The van der Waals surface area contributed by atoms with Crippen LogP contribution in [0.15, 0.2) is 11.6 Å². The van der Waals surface area contributed by atoms with Gasteiger partial charge in [0.2, 0.25) is 5.28 Å². The van der Waals surface area contributed by atoms with Crippen molar-refractivity contribution in [2.45, 2.75) is 0 Å². The summed E-state index contributed by atoms with van der Waals surface area (Å²) in [5, 5.41) is 10.8. The Labute approximate surface area is 124 Å². The molecule has 3 rings (SSSR count). The molecule has 2 aromatic rings. The van der Waals surface area contributed by atoms with Crippen LogP contribution in [0.4, 0.5) is 10.9 Å². The summed E-state index contributed by atoms with van der Waals surface area (Å²) in [4.78, 5) is 12.8. The van der Waals surface area contributed by atoms with Crippen LogP contribution in [0.1, 0.15) is 0 Å². The smallest absolute Gasteiger partial charge is 0.245 e. The van der Waals surface area contributed by atoms with Crippen molar-refractivity contribution in [1.29, 1.82) is 0 Å². The first-order valence-corrected chi connectivity index (χ1v) is 7.33. The van der Waals surface area contributed by atoms with Gasteiger partial charge in [-0.15, -0.1) is 21.5 Å². The topological polar surface area (TPSA) is 58.0 Å². The molecular weight excluding hydrogens is 307 g/mol. The zero-order valence-electron chi connectivity index (χ0n) is 9.83. The summed E-state index contributed by atoms with van der Waals surface area (Å²) in [7, 11) is 0. The van der Waals surface area contributed by atoms with Gasteiger partial charge in [0, 0.05) is 37.8 Å². The molecule has 0 aromatic carbocycles. The molecule has 0 spiro atoms. The second-order valence-electron chi connectivity index (χ2n) is 3.98. The first kappa shape index (κ1) is 12.8. The minimum atomic E-state index is 0.113. The van der Waals surface area contributed by atoms with Gasteiger partial charge < -0.3 is 9.80 Å². The van der Waals surface area contributed by atoms with Gasteiger partial charge in [-0.25, -0.2) is 4.98 Å². The van der Waals surface area contributed by atoms with E-state index in [1.807, 2.05) is 11.6 Å². The third-order valence-electron chi connectivity index (χ3n) is 2.87. The molecular formula is C10H10Cl2N6S. The molecule has 0 amide bonds. The highest BCUT2D eigenvalue weighted by atomic mass is 35.5. The Bertz CT molecular complexity index is 555. The molecule has 0 bridgehead atoms. The van der Waals surface area contributed by atoms with E-state index in [4.69, 9.17) is 23.2 Å². The summed E-state index contributed by atoms with van der Waals surface area (Å²) >= 11 is 13.4. The first-order chi connectivity index (χ1) is 9.24. The van der Waals surface area contributed by atoms with E-state index in [1.54, 1.807) is 11.3 Å². The van der Waals surface area contributed by atoms with Crippen LogP contribution >= 0.6 is 34.5 Å². The molecule has 1 aliphatic rings. The highest BCUT2D eigenvalue weighted by Crippen LogP contribution is 2.25. The molecule has 1 fully saturated rings. The quantitative estimate of drug-likeness (QED) is 0.844. The Morgan fingerprint density at radius 1 is 1.05 bits per heavy atom. The number of halogens is 2. The lowest BCUT2D eigenvalue weighted by Crippen LogP contribution is -2.47. The molecule has 1 aliphatic heterocycles. The fraction of sp³-hybridized carbons (Fsp3) is 0.400. The van der Waals surface area contributed by atoms with Crippen molar-refractivity contribution in [2.24, 2.45) is 0 Å². The SMILES string of the molecule is Clc1nnc(Cl)c(N2CCN(c3nccs3)CC2)n1. The minimum absolute atomic E-state index is 0.113. The zero-order chi connectivity index (χ0) is 13.2. The van der Waals surface area contributed by atoms with E-state index in [0.29, 0.717) is 5.82 Å². The largest absolute Gasteiger partial charge is 0.350 e. The van der Waals surface area contributed by atoms with Crippen LogP contribution in [-0.2, 0) is 0 Å². The summed E-state index contributed by atoms with van der Waals surface area (Å²) < 4.78 is 0. The molecule has 0 N–H and O–H groups in total. The maximum absolute atomic E-state index is 6.01. The monoisotopic (exact) mass is 316 g/mol. The van der Waals surface area contributed by atoms with Gasteiger partial charge in [-0.05, 0) is 11.6 Å². The number of hydrogen-bond acceptors (Lipinski definition) is 7. The number of nitrogens with zero attached hydrogens (tertiary/aromatic N) is 6. The highest BCUT2D eigenvalue weighted by Gasteiger charge is 2.22. The molecule has 0 atom stereocenters. The van der Waals surface area contributed by atoms with E-state index >= 15 is 0 Å². The minimum Gasteiger partial charge on any atom is -0.350 e. The van der Waals surface area contributed by atoms with Crippen LogP contribution in [0.5, 0.6) is 0 Å². The van der Waals surface area contributed by atoms with Gasteiger partial charge in [-0.3, -0.25) is 0 Å². The third-order valence-corrected chi connectivity index (χ3v) is 4.11. The summed E-state index contributed by atoms with van der Waals surface area (Å²) in [6.45, 7) is 3.33. The van der Waals surface area contributed by atoms with Crippen LogP contribution < -0.4 is 9.80 Å². The number of aromatic nitrogens is 4. The van der Waals surface area contributed by atoms with Crippen molar-refractivity contribution in [3.63, 3.8) is 0 Å². The molecule has 19 heavy (non-hydrogen) atoms. The zero-order valence-corrected chi connectivity index (χ0v) is 12.2. The lowest BCUT2D eigenvalue weighted by atomic mass is 10.3. The van der Waals surface area contributed by atoms with E-state index in [1.165, 1.54) is 0 Å². The van der Waals surface area contributed by atoms with E-state index < -0.39 is 0 Å². The Morgan fingerprint density at radius 3 is 2.47 bits per heavy atom. The van der Waals surface area contributed by atoms with Crippen molar-refractivity contribution in [3.8, 4) is 0 Å². The van der Waals surface area contributed by atoms with Gasteiger partial charge in [0.25, 0.3) is 0 Å². The Hall–Kier alpha value is -1.18. The fourth-order valence-corrected chi connectivity index (χ4v) is 2.98. The fourth-order valence-electron chi connectivity index (χ4n) is 1.97. The number of rotatable bonds is 2. The molecule has 0 saturated carbocycles. The second kappa shape index (κ2) is 5.44. The van der Waals surface area contributed by atoms with Crippen molar-refractivity contribution < 1.29 is 0 Å². The molecule has 6 nitrogen and oxygen atoms in total. The lowest BCUT2D eigenvalue weighted by Gasteiger charge is -2.35. The number of hydrogen-bond donors (Lipinski definition) is 0. The molecule has 9 heteroatoms. The summed E-state index contributed by atoms with van der Waals surface area (Å²) in [6, 6.07) is 0. The van der Waals surface area contributed by atoms with Gasteiger partial charge in [0.15, 0.2) is 16.1 Å². The summed E-state index contributed by atoms with van der Waals surface area (Å²) in [6.07, 6.45) is 1.82. The second-order valence-corrected chi connectivity index (χ2v) is 5.55. The van der Waals surface area contributed by atoms with Gasteiger partial charge in [0.1, 0.15) is 0 Å². The van der Waals surface area contributed by atoms with Crippen LogP contribution in [0, 0.1) is 0 Å². The van der Waals surface area contributed by atoms with Crippen molar-refractivity contribution in [3.05, 3.63) is 22.0 Å². The Kier molecular flexibility index (Phi) is 3.67. The number of thiazole rings is 1. The van der Waals surface area contributed by atoms with Crippen molar-refractivity contribution >= 4 is 45.5 Å². The maximum atomic E-state index is 6.01. The standard InChI is InChI=1S/C10H10Cl2N6S/c11-7-8(14-9(12)16-15-7)17-2-4-18(5-3-17)10-13-1-6-19-10/h1,6H,2-5H2. The van der Waals surface area contributed by atoms with Crippen LogP contribution in [0.2, 0.25) is 10.4 Å². The number of anilines is 2. The highest BCUT2D eigenvalue weighted by molar-refractivity contribution is 7.13. The van der Waals surface area contributed by atoms with Crippen molar-refractivity contribution in [2.75, 3.05) is 36.0 Å². The van der Waals surface area contributed by atoms with Gasteiger partial charge in [-0.1, -0.05) is 11.6 Å². The van der Waals surface area contributed by atoms with Crippen LogP contribution in [-0.4, -0.2) is 46.3 Å². The predicted octanol–water partition coefficient (Wildman–Crippen LogP) is 1.96. The first-order valence-electron chi connectivity index (χ1n) is 5.69. The maximum Gasteiger partial charge on any atom is 0.245 e. The average molecular weight is 317 g/mol. The predicted molar refractivity (Wildman–Crippen MR) is 76.4 cm³/mol. The van der Waals surface area contributed by atoms with Gasteiger partial charge >= 0.3 is 0 Å². The van der Waals surface area contributed by atoms with E-state index in [-0.39, 0.29) is 10.4 Å². The van der Waals surface area contributed by atoms with Gasteiger partial charge in [-0.2, -0.15) is 4.98 Å². The van der Waals surface area contributed by atoms with E-state index in [2.05, 4.69) is 30.0 Å². The molecule has 0 aliphatic carbocycles. The Morgan fingerprint density at radius 2 is 1.79 bits per heavy atom. The van der Waals surface area contributed by atoms with Crippen LogP contribution in [0.25, 0.3) is 0 Å².